The van der Waals surface area contributed by atoms with Crippen LogP contribution in [0.15, 0.2) is 24.5 Å². The standard InChI is InChI=1S/C12H16N2O2/c1-2-10(9-13-4-1)11-8-12(3-5-14-11)15-6-7-16-12/h1-2,4,9,11,14H,3,5-8H2. The Kier molecular flexibility index (Phi) is 2.63. The Bertz CT molecular complexity index is 349. The Morgan fingerprint density at radius 2 is 2.25 bits per heavy atom. The van der Waals surface area contributed by atoms with Crippen LogP contribution in [0.1, 0.15) is 24.4 Å². The maximum atomic E-state index is 5.75. The highest BCUT2D eigenvalue weighted by molar-refractivity contribution is 5.15. The van der Waals surface area contributed by atoms with Crippen molar-refractivity contribution in [3.05, 3.63) is 30.1 Å². The van der Waals surface area contributed by atoms with Crippen molar-refractivity contribution in [2.24, 2.45) is 0 Å². The quantitative estimate of drug-likeness (QED) is 0.773. The molecule has 2 aliphatic rings. The molecular formula is C12H16N2O2. The van der Waals surface area contributed by atoms with Crippen LogP contribution in [0.25, 0.3) is 0 Å². The molecule has 3 rings (SSSR count). The third-order valence-corrected chi connectivity index (χ3v) is 3.31. The molecule has 0 radical (unpaired) electrons. The van der Waals surface area contributed by atoms with Crippen molar-refractivity contribution in [3.63, 3.8) is 0 Å². The summed E-state index contributed by atoms with van der Waals surface area (Å²) < 4.78 is 11.5. The van der Waals surface area contributed by atoms with Crippen molar-refractivity contribution < 1.29 is 9.47 Å². The zero-order chi connectivity index (χ0) is 10.8. The van der Waals surface area contributed by atoms with Crippen LogP contribution in [-0.2, 0) is 9.47 Å². The van der Waals surface area contributed by atoms with Gasteiger partial charge in [-0.1, -0.05) is 6.07 Å². The fourth-order valence-electron chi connectivity index (χ4n) is 2.50. The van der Waals surface area contributed by atoms with Gasteiger partial charge in [0.05, 0.1) is 13.2 Å². The van der Waals surface area contributed by atoms with Crippen molar-refractivity contribution in [2.75, 3.05) is 19.8 Å². The van der Waals surface area contributed by atoms with Crippen molar-refractivity contribution in [1.82, 2.24) is 10.3 Å². The second kappa shape index (κ2) is 4.13. The first-order valence-electron chi connectivity index (χ1n) is 5.79. The van der Waals surface area contributed by atoms with Crippen LogP contribution in [0.3, 0.4) is 0 Å². The lowest BCUT2D eigenvalue weighted by Gasteiger charge is -2.37. The molecule has 4 heteroatoms. The summed E-state index contributed by atoms with van der Waals surface area (Å²) in [6, 6.07) is 4.35. The fourth-order valence-corrected chi connectivity index (χ4v) is 2.50. The summed E-state index contributed by atoms with van der Waals surface area (Å²) in [4.78, 5) is 4.15. The van der Waals surface area contributed by atoms with E-state index >= 15 is 0 Å². The lowest BCUT2D eigenvalue weighted by molar-refractivity contribution is -0.180. The van der Waals surface area contributed by atoms with Gasteiger partial charge in [-0.3, -0.25) is 4.98 Å². The van der Waals surface area contributed by atoms with Crippen molar-refractivity contribution >= 4 is 0 Å². The van der Waals surface area contributed by atoms with Gasteiger partial charge >= 0.3 is 0 Å². The lowest BCUT2D eigenvalue weighted by atomic mass is 9.94. The second-order valence-corrected chi connectivity index (χ2v) is 4.35. The molecule has 1 unspecified atom stereocenters. The van der Waals surface area contributed by atoms with Gasteiger partial charge in [-0.15, -0.1) is 0 Å². The molecular weight excluding hydrogens is 204 g/mol. The molecule has 1 aromatic rings. The van der Waals surface area contributed by atoms with Crippen LogP contribution in [-0.4, -0.2) is 30.5 Å². The van der Waals surface area contributed by atoms with Gasteiger partial charge in [0.2, 0.25) is 0 Å². The molecule has 16 heavy (non-hydrogen) atoms. The van der Waals surface area contributed by atoms with Gasteiger partial charge in [-0.2, -0.15) is 0 Å². The molecule has 0 bridgehead atoms. The monoisotopic (exact) mass is 220 g/mol. The summed E-state index contributed by atoms with van der Waals surface area (Å²) in [5.41, 5.74) is 1.21. The minimum atomic E-state index is -0.342. The SMILES string of the molecule is c1cncc(C2CC3(CCN2)OCCO3)c1. The highest BCUT2D eigenvalue weighted by atomic mass is 16.7. The smallest absolute Gasteiger partial charge is 0.171 e. The molecule has 2 aliphatic heterocycles. The van der Waals surface area contributed by atoms with Crippen LogP contribution < -0.4 is 5.32 Å². The number of pyridine rings is 1. The van der Waals surface area contributed by atoms with E-state index in [2.05, 4.69) is 16.4 Å². The zero-order valence-electron chi connectivity index (χ0n) is 9.19. The number of ether oxygens (including phenoxy) is 2. The molecule has 0 amide bonds. The largest absolute Gasteiger partial charge is 0.347 e. The Morgan fingerprint density at radius 3 is 3.00 bits per heavy atom. The van der Waals surface area contributed by atoms with Gasteiger partial charge in [0, 0.05) is 37.8 Å². The summed E-state index contributed by atoms with van der Waals surface area (Å²) in [7, 11) is 0. The average Bonchev–Trinajstić information content (AvgIpc) is 2.78. The second-order valence-electron chi connectivity index (χ2n) is 4.35. The maximum absolute atomic E-state index is 5.75. The molecule has 1 atom stereocenters. The topological polar surface area (TPSA) is 43.4 Å². The predicted molar refractivity (Wildman–Crippen MR) is 58.8 cm³/mol. The summed E-state index contributed by atoms with van der Waals surface area (Å²) in [5.74, 6) is -0.342. The van der Waals surface area contributed by atoms with Gasteiger partial charge in [0.25, 0.3) is 0 Å². The maximum Gasteiger partial charge on any atom is 0.171 e. The molecule has 1 aromatic heterocycles. The van der Waals surface area contributed by atoms with Crippen LogP contribution in [0.4, 0.5) is 0 Å². The van der Waals surface area contributed by atoms with Gasteiger partial charge in [0.15, 0.2) is 5.79 Å². The summed E-state index contributed by atoms with van der Waals surface area (Å²) in [6.07, 6.45) is 5.51. The first kappa shape index (κ1) is 10.2. The summed E-state index contributed by atoms with van der Waals surface area (Å²) >= 11 is 0. The number of piperidine rings is 1. The molecule has 4 nitrogen and oxygen atoms in total. The van der Waals surface area contributed by atoms with E-state index < -0.39 is 0 Å². The minimum Gasteiger partial charge on any atom is -0.347 e. The average molecular weight is 220 g/mol. The molecule has 86 valence electrons. The summed E-state index contributed by atoms with van der Waals surface area (Å²) in [5, 5.41) is 3.49. The minimum absolute atomic E-state index is 0.292. The predicted octanol–water partition coefficient (Wildman–Crippen LogP) is 1.25. The first-order valence-corrected chi connectivity index (χ1v) is 5.79. The number of hydrogen-bond donors (Lipinski definition) is 1. The van der Waals surface area contributed by atoms with E-state index in [4.69, 9.17) is 9.47 Å². The van der Waals surface area contributed by atoms with E-state index in [-0.39, 0.29) is 5.79 Å². The number of hydrogen-bond acceptors (Lipinski definition) is 4. The first-order chi connectivity index (χ1) is 7.88. The van der Waals surface area contributed by atoms with E-state index in [1.165, 1.54) is 5.56 Å². The third kappa shape index (κ3) is 1.84. The summed E-state index contributed by atoms with van der Waals surface area (Å²) in [6.45, 7) is 2.37. The van der Waals surface area contributed by atoms with Gasteiger partial charge in [0.1, 0.15) is 0 Å². The van der Waals surface area contributed by atoms with E-state index in [1.54, 1.807) is 6.20 Å². The lowest BCUT2D eigenvalue weighted by Crippen LogP contribution is -2.44. The van der Waals surface area contributed by atoms with E-state index in [9.17, 15) is 0 Å². The highest BCUT2D eigenvalue weighted by Gasteiger charge is 2.41. The molecule has 3 heterocycles. The molecule has 0 aliphatic carbocycles. The Labute approximate surface area is 95.0 Å². The number of nitrogens with zero attached hydrogens (tertiary/aromatic N) is 1. The molecule has 2 saturated heterocycles. The number of rotatable bonds is 1. The Hall–Kier alpha value is -0.970. The zero-order valence-corrected chi connectivity index (χ0v) is 9.19. The van der Waals surface area contributed by atoms with Gasteiger partial charge in [-0.25, -0.2) is 0 Å². The van der Waals surface area contributed by atoms with Crippen molar-refractivity contribution in [2.45, 2.75) is 24.7 Å². The van der Waals surface area contributed by atoms with Gasteiger partial charge in [-0.05, 0) is 11.6 Å². The van der Waals surface area contributed by atoms with E-state index in [0.29, 0.717) is 6.04 Å². The molecule has 2 fully saturated rings. The Morgan fingerprint density at radius 1 is 1.38 bits per heavy atom. The van der Waals surface area contributed by atoms with Gasteiger partial charge < -0.3 is 14.8 Å². The number of nitrogens with one attached hydrogen (secondary N) is 1. The van der Waals surface area contributed by atoms with Crippen LogP contribution in [0, 0.1) is 0 Å². The van der Waals surface area contributed by atoms with Crippen molar-refractivity contribution in [1.29, 1.82) is 0 Å². The molecule has 1 spiro atoms. The van der Waals surface area contributed by atoms with E-state index in [1.807, 2.05) is 12.3 Å². The van der Waals surface area contributed by atoms with Crippen molar-refractivity contribution in [3.8, 4) is 0 Å². The van der Waals surface area contributed by atoms with Crippen LogP contribution in [0.2, 0.25) is 0 Å². The number of aromatic nitrogens is 1. The highest BCUT2D eigenvalue weighted by Crippen LogP contribution is 2.36. The molecule has 0 aromatic carbocycles. The molecule has 0 saturated carbocycles. The third-order valence-electron chi connectivity index (χ3n) is 3.31. The van der Waals surface area contributed by atoms with Crippen LogP contribution in [0.5, 0.6) is 0 Å². The van der Waals surface area contributed by atoms with E-state index in [0.717, 1.165) is 32.6 Å². The Balaban J connectivity index is 1.77. The fraction of sp³-hybridized carbons (Fsp3) is 0.583. The molecule has 1 N–H and O–H groups in total. The normalized spacial score (nSPS) is 28.4. The van der Waals surface area contributed by atoms with Crippen LogP contribution >= 0.6 is 0 Å².